The van der Waals surface area contributed by atoms with Gasteiger partial charge in [0.05, 0.1) is 6.61 Å². The van der Waals surface area contributed by atoms with Crippen LogP contribution in [-0.2, 0) is 9.53 Å². The molecule has 1 aromatic rings. The fraction of sp³-hybridized carbons (Fsp3) is 0.231. The van der Waals surface area contributed by atoms with Crippen molar-refractivity contribution < 1.29 is 14.6 Å². The maximum atomic E-state index is 11.6. The van der Waals surface area contributed by atoms with Crippen LogP contribution in [0, 0.1) is 11.3 Å². The van der Waals surface area contributed by atoms with Crippen molar-refractivity contribution in [3.8, 4) is 11.8 Å². The second kappa shape index (κ2) is 7.74. The molecule has 1 amide bonds. The van der Waals surface area contributed by atoms with E-state index < -0.39 is 5.91 Å². The van der Waals surface area contributed by atoms with E-state index in [1.54, 1.807) is 18.2 Å². The summed E-state index contributed by atoms with van der Waals surface area (Å²) < 4.78 is 4.79. The maximum Gasteiger partial charge on any atom is 0.263 e. The van der Waals surface area contributed by atoms with Gasteiger partial charge in [-0.25, -0.2) is 0 Å². The summed E-state index contributed by atoms with van der Waals surface area (Å²) in [5, 5.41) is 23.4. The summed E-state index contributed by atoms with van der Waals surface area (Å²) in [5.74, 6) is -0.321. The van der Waals surface area contributed by atoms with Crippen LogP contribution < -0.4 is 10.6 Å². The zero-order chi connectivity index (χ0) is 14.1. The van der Waals surface area contributed by atoms with Crippen LogP contribution in [0.3, 0.4) is 0 Å². The third-order valence-corrected chi connectivity index (χ3v) is 2.21. The van der Waals surface area contributed by atoms with E-state index in [1.165, 1.54) is 25.4 Å². The molecule has 1 rings (SSSR count). The first-order valence-corrected chi connectivity index (χ1v) is 5.60. The lowest BCUT2D eigenvalue weighted by atomic mass is 10.2. The molecule has 0 aromatic heterocycles. The quantitative estimate of drug-likeness (QED) is 0.307. The smallest absolute Gasteiger partial charge is 0.263 e. The average molecular weight is 261 g/mol. The Labute approximate surface area is 111 Å². The van der Waals surface area contributed by atoms with E-state index in [2.05, 4.69) is 10.6 Å². The lowest BCUT2D eigenvalue weighted by Crippen LogP contribution is -2.28. The molecule has 0 saturated heterocycles. The van der Waals surface area contributed by atoms with Crippen LogP contribution in [0.5, 0.6) is 5.75 Å². The second-order valence-corrected chi connectivity index (χ2v) is 3.61. The van der Waals surface area contributed by atoms with E-state index in [0.29, 0.717) is 18.8 Å². The number of hydrogen-bond donors (Lipinski definition) is 3. The molecule has 100 valence electrons. The Morgan fingerprint density at radius 1 is 1.47 bits per heavy atom. The molecule has 0 bridgehead atoms. The van der Waals surface area contributed by atoms with Crippen LogP contribution in [0.4, 0.5) is 5.69 Å². The number of rotatable bonds is 6. The van der Waals surface area contributed by atoms with Crippen molar-refractivity contribution in [2.24, 2.45) is 0 Å². The van der Waals surface area contributed by atoms with Crippen molar-refractivity contribution in [1.29, 1.82) is 5.26 Å². The maximum absolute atomic E-state index is 11.6. The lowest BCUT2D eigenvalue weighted by Gasteiger charge is -2.04. The lowest BCUT2D eigenvalue weighted by molar-refractivity contribution is -0.117. The Bertz CT molecular complexity index is 489. The van der Waals surface area contributed by atoms with Gasteiger partial charge in [-0.3, -0.25) is 4.79 Å². The molecular weight excluding hydrogens is 246 g/mol. The third-order valence-electron chi connectivity index (χ3n) is 2.21. The summed E-state index contributed by atoms with van der Waals surface area (Å²) >= 11 is 0. The van der Waals surface area contributed by atoms with Gasteiger partial charge in [-0.2, -0.15) is 5.26 Å². The SMILES string of the molecule is COCCNC(=O)/C(C#N)=C\Nc1ccc(O)cc1. The number of anilines is 1. The highest BCUT2D eigenvalue weighted by Crippen LogP contribution is 2.13. The Morgan fingerprint density at radius 2 is 2.16 bits per heavy atom. The molecule has 0 aliphatic rings. The third kappa shape index (κ3) is 5.10. The summed E-state index contributed by atoms with van der Waals surface area (Å²) in [7, 11) is 1.53. The number of benzene rings is 1. The molecule has 0 aliphatic heterocycles. The molecular formula is C13H15N3O3. The number of amides is 1. The van der Waals surface area contributed by atoms with Gasteiger partial charge in [0.15, 0.2) is 0 Å². The predicted octanol–water partition coefficient (Wildman–Crippen LogP) is 0.974. The summed E-state index contributed by atoms with van der Waals surface area (Å²) in [6.07, 6.45) is 1.31. The minimum absolute atomic E-state index is 0.0378. The number of nitriles is 1. The number of hydrogen-bond acceptors (Lipinski definition) is 5. The standard InChI is InChI=1S/C13H15N3O3/c1-19-7-6-15-13(18)10(8-14)9-16-11-2-4-12(17)5-3-11/h2-5,9,16-17H,6-7H2,1H3,(H,15,18)/b10-9-. The molecule has 0 aliphatic carbocycles. The van der Waals surface area contributed by atoms with Gasteiger partial charge in [-0.05, 0) is 24.3 Å². The molecule has 1 aromatic carbocycles. The van der Waals surface area contributed by atoms with Crippen molar-refractivity contribution >= 4 is 11.6 Å². The minimum Gasteiger partial charge on any atom is -0.508 e. The van der Waals surface area contributed by atoms with Crippen molar-refractivity contribution in [3.63, 3.8) is 0 Å². The van der Waals surface area contributed by atoms with Crippen LogP contribution in [0.2, 0.25) is 0 Å². The molecule has 0 fully saturated rings. The first-order chi connectivity index (χ1) is 9.17. The summed E-state index contributed by atoms with van der Waals surface area (Å²) in [4.78, 5) is 11.6. The molecule has 0 atom stereocenters. The normalized spacial score (nSPS) is 10.6. The van der Waals surface area contributed by atoms with Gasteiger partial charge in [0, 0.05) is 25.5 Å². The Morgan fingerprint density at radius 3 is 2.74 bits per heavy atom. The van der Waals surface area contributed by atoms with Crippen molar-refractivity contribution in [2.45, 2.75) is 0 Å². The Kier molecular flexibility index (Phi) is 5.92. The zero-order valence-corrected chi connectivity index (χ0v) is 10.5. The zero-order valence-electron chi connectivity index (χ0n) is 10.5. The second-order valence-electron chi connectivity index (χ2n) is 3.61. The minimum atomic E-state index is -0.467. The molecule has 0 unspecified atom stereocenters. The predicted molar refractivity (Wildman–Crippen MR) is 70.3 cm³/mol. The number of carbonyl (C=O) groups is 1. The Hall–Kier alpha value is -2.52. The van der Waals surface area contributed by atoms with Gasteiger partial charge in [0.25, 0.3) is 5.91 Å². The number of ether oxygens (including phenoxy) is 1. The van der Waals surface area contributed by atoms with Gasteiger partial charge in [-0.15, -0.1) is 0 Å². The summed E-state index contributed by atoms with van der Waals surface area (Å²) in [6.45, 7) is 0.726. The largest absolute Gasteiger partial charge is 0.508 e. The van der Waals surface area contributed by atoms with Crippen molar-refractivity contribution in [1.82, 2.24) is 5.32 Å². The first kappa shape index (κ1) is 14.5. The Balaban J connectivity index is 2.59. The number of aromatic hydroxyl groups is 1. The van der Waals surface area contributed by atoms with Gasteiger partial charge in [-0.1, -0.05) is 0 Å². The van der Waals surface area contributed by atoms with Gasteiger partial charge < -0.3 is 20.5 Å². The molecule has 19 heavy (non-hydrogen) atoms. The highest BCUT2D eigenvalue weighted by molar-refractivity contribution is 5.97. The molecule has 3 N–H and O–H groups in total. The van der Waals surface area contributed by atoms with Crippen molar-refractivity contribution in [3.05, 3.63) is 36.0 Å². The number of methoxy groups -OCH3 is 1. The monoisotopic (exact) mass is 261 g/mol. The number of phenolic OH excluding ortho intramolecular Hbond substituents is 1. The van der Waals surface area contributed by atoms with E-state index in [4.69, 9.17) is 15.1 Å². The number of carbonyl (C=O) groups excluding carboxylic acids is 1. The van der Waals surface area contributed by atoms with Crippen LogP contribution in [0.15, 0.2) is 36.0 Å². The summed E-state index contributed by atoms with van der Waals surface area (Å²) in [5.41, 5.74) is 0.624. The number of nitrogens with one attached hydrogen (secondary N) is 2. The topological polar surface area (TPSA) is 94.4 Å². The van der Waals surface area contributed by atoms with E-state index in [-0.39, 0.29) is 11.3 Å². The number of phenols is 1. The molecule has 0 radical (unpaired) electrons. The van der Waals surface area contributed by atoms with Gasteiger partial charge >= 0.3 is 0 Å². The highest BCUT2D eigenvalue weighted by Gasteiger charge is 2.07. The van der Waals surface area contributed by atoms with E-state index in [0.717, 1.165) is 0 Å². The van der Waals surface area contributed by atoms with E-state index in [1.807, 2.05) is 0 Å². The molecule has 0 spiro atoms. The molecule has 0 saturated carbocycles. The number of nitrogens with zero attached hydrogens (tertiary/aromatic N) is 1. The van der Waals surface area contributed by atoms with Crippen LogP contribution in [0.25, 0.3) is 0 Å². The summed E-state index contributed by atoms with van der Waals surface area (Å²) in [6, 6.07) is 8.07. The van der Waals surface area contributed by atoms with Gasteiger partial charge in [0.1, 0.15) is 17.4 Å². The fourth-order valence-electron chi connectivity index (χ4n) is 1.22. The van der Waals surface area contributed by atoms with Crippen molar-refractivity contribution in [2.75, 3.05) is 25.6 Å². The first-order valence-electron chi connectivity index (χ1n) is 5.60. The fourth-order valence-corrected chi connectivity index (χ4v) is 1.22. The van der Waals surface area contributed by atoms with Crippen LogP contribution in [0.1, 0.15) is 0 Å². The molecule has 0 heterocycles. The highest BCUT2D eigenvalue weighted by atomic mass is 16.5. The average Bonchev–Trinajstić information content (AvgIpc) is 2.42. The van der Waals surface area contributed by atoms with E-state index in [9.17, 15) is 4.79 Å². The van der Waals surface area contributed by atoms with Gasteiger partial charge in [0.2, 0.25) is 0 Å². The van der Waals surface area contributed by atoms with E-state index >= 15 is 0 Å². The van der Waals surface area contributed by atoms with Crippen LogP contribution in [-0.4, -0.2) is 31.3 Å². The molecule has 6 nitrogen and oxygen atoms in total. The molecule has 6 heteroatoms. The van der Waals surface area contributed by atoms with Crippen LogP contribution >= 0.6 is 0 Å².